The quantitative estimate of drug-likeness (QED) is 0.00678. The fourth-order valence-electron chi connectivity index (χ4n) is 17.3. The van der Waals surface area contributed by atoms with Crippen LogP contribution < -0.4 is 32.7 Å². The number of cyclic esters (lactones) is 1. The zero-order valence-corrected chi connectivity index (χ0v) is 74.5. The first kappa shape index (κ1) is 97.0. The van der Waals surface area contributed by atoms with Crippen LogP contribution in [0.3, 0.4) is 0 Å². The van der Waals surface area contributed by atoms with E-state index < -0.39 is 120 Å². The SMILES string of the molecule is C=NC(=N/C=C(\C)C(=O)NCCCCn1nc(-c2ccc3oc(N)nc3c2)c2c(N)ncnc21)N1CCN(CCOCCC(=O)N2CCN(c3ncc(CNC(=O)O[C@@H]4CC[C@@H](C[C@@H](N)[C@@H]5CC(=O)[C@H](C)/C=C(\C)[C@@H](O)[C@@H](O)C(=O)[C@H](C)C[C@H](C)/C=C/C=C/C=C(\C)[C@@H](OC)C[C@@H]6CC[C@@H](C)[C@@](O)(O6)C(=O)C(=O)N6CCCC[C@H]6C(=O)O5)C[C@H]4OC)cn3)CC2)CC1. The van der Waals surface area contributed by atoms with Gasteiger partial charge in [0, 0.05) is 171 Å². The number of aliphatic hydroxyl groups is 3. The van der Waals surface area contributed by atoms with Crippen LogP contribution in [0.25, 0.3) is 33.4 Å². The van der Waals surface area contributed by atoms with E-state index in [0.717, 1.165) is 29.1 Å². The molecule has 4 saturated heterocycles. The number of Topliss-reactive ketones (excluding diaryl/α,β-unsaturated/α-hetero) is 3. The number of guanidine groups is 1. The maximum Gasteiger partial charge on any atom is 0.407 e. The number of carbonyl (C=O) groups is 8. The number of aliphatic hydroxyl groups excluding tert-OH is 2. The summed E-state index contributed by atoms with van der Waals surface area (Å²) in [5.74, 6) is -8.44. The van der Waals surface area contributed by atoms with E-state index in [0.29, 0.717) is 186 Å². The van der Waals surface area contributed by atoms with Gasteiger partial charge >= 0.3 is 12.1 Å². The molecule has 37 nitrogen and oxygen atoms in total. The summed E-state index contributed by atoms with van der Waals surface area (Å²) in [6.07, 6.45) is 14.2. The number of carbonyl (C=O) groups excluding carboxylic acids is 8. The predicted molar refractivity (Wildman–Crippen MR) is 475 cm³/mol. The Bertz CT molecular complexity index is 4840. The molecule has 4 aromatic heterocycles. The Labute approximate surface area is 740 Å². The van der Waals surface area contributed by atoms with Crippen LogP contribution in [0.4, 0.5) is 22.6 Å². The molecule has 1 saturated carbocycles. The number of piperidine rings is 1. The lowest BCUT2D eigenvalue weighted by Crippen LogP contribution is -2.61. The summed E-state index contributed by atoms with van der Waals surface area (Å²) in [5.41, 5.74) is 24.3. The molecule has 5 aromatic rings. The van der Waals surface area contributed by atoms with E-state index in [1.54, 1.807) is 57.9 Å². The van der Waals surface area contributed by atoms with Gasteiger partial charge in [0.05, 0.1) is 43.3 Å². The number of aliphatic imine (C=N–C) groups is 2. The van der Waals surface area contributed by atoms with Gasteiger partial charge in [0.15, 0.2) is 17.0 Å². The second kappa shape index (κ2) is 45.9. The number of aromatic nitrogens is 7. The van der Waals surface area contributed by atoms with Crippen LogP contribution in [0.15, 0.2) is 111 Å². The molecule has 690 valence electrons. The molecule has 11 N–H and O–H groups in total. The summed E-state index contributed by atoms with van der Waals surface area (Å²) in [6, 6.07) is 3.26. The van der Waals surface area contributed by atoms with Gasteiger partial charge in [0.25, 0.3) is 17.7 Å². The van der Waals surface area contributed by atoms with Crippen molar-refractivity contribution in [3.63, 3.8) is 0 Å². The van der Waals surface area contributed by atoms with E-state index in [4.69, 9.17) is 55.1 Å². The maximum absolute atomic E-state index is 14.7. The Hall–Kier alpha value is -10.6. The van der Waals surface area contributed by atoms with Gasteiger partial charge in [-0.3, -0.25) is 33.7 Å². The number of aryl methyl sites for hydroxylation is 1. The molecule has 5 fully saturated rings. The van der Waals surface area contributed by atoms with Crippen LogP contribution in [0.1, 0.15) is 150 Å². The molecule has 127 heavy (non-hydrogen) atoms. The number of ether oxygens (including phenoxy) is 6. The molecule has 5 aliphatic heterocycles. The molecule has 0 radical (unpaired) electrons. The predicted octanol–water partition coefficient (Wildman–Crippen LogP) is 6.28. The number of anilines is 3. The molecule has 1 aliphatic carbocycles. The molecular weight excluding hydrogens is 1640 g/mol. The van der Waals surface area contributed by atoms with E-state index >= 15 is 0 Å². The second-order valence-corrected chi connectivity index (χ2v) is 34.4. The highest BCUT2D eigenvalue weighted by atomic mass is 16.6. The lowest BCUT2D eigenvalue weighted by Gasteiger charge is -2.42. The Balaban J connectivity index is 0.593. The Morgan fingerprint density at radius 1 is 0.811 bits per heavy atom. The number of nitrogens with zero attached hydrogens (tertiary/aromatic N) is 14. The number of hydrogen-bond acceptors (Lipinski definition) is 30. The molecule has 11 rings (SSSR count). The smallest absolute Gasteiger partial charge is 0.407 e. The van der Waals surface area contributed by atoms with E-state index in [-0.39, 0.29) is 80.6 Å². The lowest BCUT2D eigenvalue weighted by atomic mass is 9.80. The van der Waals surface area contributed by atoms with Crippen molar-refractivity contribution in [3.05, 3.63) is 102 Å². The summed E-state index contributed by atoms with van der Waals surface area (Å²) >= 11 is 0. The minimum Gasteiger partial charge on any atom is -0.459 e. The van der Waals surface area contributed by atoms with Gasteiger partial charge in [-0.2, -0.15) is 10.1 Å². The fraction of sp³-hybridized carbons (Fsp3) is 0.600. The average molecular weight is 1760 g/mol. The van der Waals surface area contributed by atoms with Gasteiger partial charge in [-0.15, -0.1) is 0 Å². The number of nitrogens with one attached hydrogen (secondary N) is 2. The fourth-order valence-corrected chi connectivity index (χ4v) is 17.3. The zero-order valence-electron chi connectivity index (χ0n) is 74.5. The lowest BCUT2D eigenvalue weighted by molar-refractivity contribution is -0.265. The second-order valence-electron chi connectivity index (χ2n) is 34.4. The monoisotopic (exact) mass is 1760 g/mol. The minimum absolute atomic E-state index is 0.00585. The van der Waals surface area contributed by atoms with Crippen LogP contribution in [-0.2, 0) is 75.1 Å². The third kappa shape index (κ3) is 25.7. The van der Waals surface area contributed by atoms with E-state index in [1.165, 1.54) is 32.6 Å². The number of benzene rings is 1. The van der Waals surface area contributed by atoms with Crippen molar-refractivity contribution in [1.82, 2.24) is 64.9 Å². The number of piperazine rings is 2. The average Bonchev–Trinajstić information content (AvgIpc) is 1.67. The van der Waals surface area contributed by atoms with Crippen LogP contribution in [0.2, 0.25) is 0 Å². The Morgan fingerprint density at radius 2 is 1.57 bits per heavy atom. The zero-order chi connectivity index (χ0) is 91.2. The number of rotatable bonds is 23. The van der Waals surface area contributed by atoms with Crippen LogP contribution in [-0.4, -0.2) is 289 Å². The standard InChI is InChI=1S/C90H127N19O18/c1-54-18-12-11-13-19-55(2)71(121-9)47-64-24-21-60(7)90(120,127-64)80(115)84(117)108-29-16-14-20-67(108)85(118)124-72(48-68(110)56(3)43-58(5)78(113)79(114)77(112)57(4)42-54)65(91)44-61-22-25-70(73(45-61)122-10)126-89(119)99-52-62-50-97-88(98-51-62)107-37-35-105(36-38-107)74(111)27-40-123-41-39-104-31-33-106(34-32-104)87(94-8)96-49-59(6)83(116)95-28-15-17-30-109-82-75(81(92)100-53-101-82)76(103-109)63-23-26-69-66(46-63)102-86(93)125-69/h11-13,18-19,23,26,43,46,49-51,53-54,56-57,60-61,64-65,67,70-73,78-79,113-114,120H,8,14-17,20-22,24-25,27-42,44-45,47-48,52,91H2,1-7,9-10H3,(H2,93,102)(H,95,116)(H,99,119)(H2,92,100,101)/b13-11+,18-12+,55-19+,58-43+,59-49+,96-87?/t54-,56-,57-,60-,61+,64+,65-,67+,70-,71+,72+,73-,78-,79+,90-/m1/s1. The maximum atomic E-state index is 14.7. The topological polar surface area (TPSA) is 491 Å². The first-order chi connectivity index (χ1) is 60.9. The van der Waals surface area contributed by atoms with Crippen molar-refractivity contribution in [2.75, 3.05) is 116 Å². The number of hydrogen-bond donors (Lipinski definition) is 8. The highest BCUT2D eigenvalue weighted by Gasteiger charge is 2.53. The number of amides is 4. The number of nitrogens with two attached hydrogens (primary N) is 3. The Kier molecular flexibility index (Phi) is 35.0. The minimum atomic E-state index is -2.52. The highest BCUT2D eigenvalue weighted by Crippen LogP contribution is 2.39. The van der Waals surface area contributed by atoms with E-state index in [1.807, 2.05) is 71.1 Å². The molecule has 15 atom stereocenters. The number of fused-ring (bicyclic) bond motifs is 5. The van der Waals surface area contributed by atoms with Gasteiger partial charge in [0.2, 0.25) is 29.5 Å². The summed E-state index contributed by atoms with van der Waals surface area (Å²) in [6.45, 7) is 22.8. The molecule has 0 spiro atoms. The van der Waals surface area contributed by atoms with Crippen molar-refractivity contribution in [3.8, 4) is 11.3 Å². The number of unbranched alkanes of at least 4 members (excludes halogenated alkanes) is 1. The van der Waals surface area contributed by atoms with Gasteiger partial charge in [-0.1, -0.05) is 64.2 Å². The van der Waals surface area contributed by atoms with Crippen LogP contribution in [0, 0.1) is 29.6 Å². The summed E-state index contributed by atoms with van der Waals surface area (Å²) in [5, 5.41) is 45.9. The molecule has 4 amide bonds. The van der Waals surface area contributed by atoms with E-state index in [9.17, 15) is 53.7 Å². The number of ketones is 3. The first-order valence-corrected chi connectivity index (χ1v) is 44.3. The van der Waals surface area contributed by atoms with Crippen LogP contribution >= 0.6 is 0 Å². The van der Waals surface area contributed by atoms with Gasteiger partial charge in [-0.25, -0.2) is 44.2 Å². The molecule has 2 bridgehead atoms. The highest BCUT2D eigenvalue weighted by molar-refractivity contribution is 6.39. The summed E-state index contributed by atoms with van der Waals surface area (Å²) in [4.78, 5) is 152. The van der Waals surface area contributed by atoms with Crippen molar-refractivity contribution in [2.45, 2.75) is 218 Å². The number of oxazole rings is 1. The number of methoxy groups -OCH3 is 2. The van der Waals surface area contributed by atoms with Crippen molar-refractivity contribution in [1.29, 1.82) is 0 Å². The number of alkyl carbamates (subject to hydrolysis) is 1. The normalized spacial score (nSPS) is 28.3. The molecule has 0 unspecified atom stereocenters. The molecule has 37 heteroatoms. The van der Waals surface area contributed by atoms with E-state index in [2.05, 4.69) is 57.2 Å². The molecule has 9 heterocycles. The third-order valence-corrected chi connectivity index (χ3v) is 25.1. The molecule has 1 aromatic carbocycles. The largest absolute Gasteiger partial charge is 0.459 e. The molecular formula is C90H127N19O18. The summed E-state index contributed by atoms with van der Waals surface area (Å²) < 4.78 is 43.4. The van der Waals surface area contributed by atoms with Crippen molar-refractivity contribution < 1.29 is 86.5 Å². The third-order valence-electron chi connectivity index (χ3n) is 25.1. The number of nitrogen functional groups attached to an aromatic ring is 2. The molecule has 6 aliphatic rings. The van der Waals surface area contributed by atoms with Crippen molar-refractivity contribution in [2.24, 2.45) is 45.3 Å². The number of allylic oxidation sites excluding steroid dienone is 6. The van der Waals surface area contributed by atoms with Crippen molar-refractivity contribution >= 4 is 99.7 Å². The Morgan fingerprint density at radius 3 is 2.31 bits per heavy atom. The summed E-state index contributed by atoms with van der Waals surface area (Å²) in [7, 11) is 3.06. The van der Waals surface area contributed by atoms with Crippen LogP contribution in [0.5, 0.6) is 0 Å². The van der Waals surface area contributed by atoms with Gasteiger partial charge < -0.3 is 95.6 Å². The van der Waals surface area contributed by atoms with Gasteiger partial charge in [0.1, 0.15) is 59.6 Å². The number of esters is 1. The van der Waals surface area contributed by atoms with Gasteiger partial charge in [-0.05, 0) is 146 Å². The first-order valence-electron chi connectivity index (χ1n) is 44.3.